The van der Waals surface area contributed by atoms with Crippen LogP contribution in [0.15, 0.2) is 18.2 Å². The number of nitrogens with zero attached hydrogens (tertiary/aromatic N) is 2. The second kappa shape index (κ2) is 5.94. The van der Waals surface area contributed by atoms with Crippen molar-refractivity contribution in [2.75, 3.05) is 24.5 Å². The molecule has 2 aliphatic rings. The summed E-state index contributed by atoms with van der Waals surface area (Å²) >= 11 is 0. The van der Waals surface area contributed by atoms with Gasteiger partial charge in [0.2, 0.25) is 0 Å². The molecule has 5 nitrogen and oxygen atoms in total. The molecular weight excluding hydrogens is 287 g/mol. The standard InChI is InChI=1S/C16H19FN2O3/c17-12-10-11(5-6-13(12)18-7-1-2-8-18)15(20)19-9-3-4-14(19)16(21)22/h5-6,10,14H,1-4,7-9H2,(H,21,22). The van der Waals surface area contributed by atoms with E-state index in [4.69, 9.17) is 5.11 Å². The SMILES string of the molecule is O=C(O)C1CCCN1C(=O)c1ccc(N2CCCC2)c(F)c1. The van der Waals surface area contributed by atoms with E-state index in [9.17, 15) is 14.0 Å². The van der Waals surface area contributed by atoms with Crippen molar-refractivity contribution < 1.29 is 19.1 Å². The zero-order valence-corrected chi connectivity index (χ0v) is 12.3. The molecule has 118 valence electrons. The van der Waals surface area contributed by atoms with Crippen molar-refractivity contribution in [1.29, 1.82) is 0 Å². The molecule has 1 amide bonds. The number of carboxylic acid groups (broad SMARTS) is 1. The first-order valence-corrected chi connectivity index (χ1v) is 7.66. The molecule has 2 aliphatic heterocycles. The van der Waals surface area contributed by atoms with Gasteiger partial charge in [0.15, 0.2) is 0 Å². The van der Waals surface area contributed by atoms with Gasteiger partial charge in [-0.3, -0.25) is 4.79 Å². The van der Waals surface area contributed by atoms with E-state index in [0.717, 1.165) is 25.9 Å². The number of carbonyl (C=O) groups is 2. The maximum atomic E-state index is 14.3. The lowest BCUT2D eigenvalue weighted by molar-refractivity contribution is -0.141. The number of hydrogen-bond acceptors (Lipinski definition) is 3. The van der Waals surface area contributed by atoms with E-state index in [1.165, 1.54) is 11.0 Å². The van der Waals surface area contributed by atoms with Gasteiger partial charge in [-0.15, -0.1) is 0 Å². The van der Waals surface area contributed by atoms with Crippen molar-refractivity contribution in [2.24, 2.45) is 0 Å². The van der Waals surface area contributed by atoms with Gasteiger partial charge in [-0.05, 0) is 43.9 Å². The summed E-state index contributed by atoms with van der Waals surface area (Å²) in [6.07, 6.45) is 3.22. The topological polar surface area (TPSA) is 60.9 Å². The highest BCUT2D eigenvalue weighted by Crippen LogP contribution is 2.26. The average molecular weight is 306 g/mol. The van der Waals surface area contributed by atoms with Gasteiger partial charge in [0.25, 0.3) is 5.91 Å². The van der Waals surface area contributed by atoms with Gasteiger partial charge < -0.3 is 14.9 Å². The lowest BCUT2D eigenvalue weighted by Crippen LogP contribution is -2.40. The maximum Gasteiger partial charge on any atom is 0.326 e. The number of aliphatic carboxylic acids is 1. The number of likely N-dealkylation sites (tertiary alicyclic amines) is 1. The number of rotatable bonds is 3. The monoisotopic (exact) mass is 306 g/mol. The Bertz CT molecular complexity index is 599. The minimum absolute atomic E-state index is 0.216. The molecule has 6 heteroatoms. The second-order valence-electron chi connectivity index (χ2n) is 5.86. The minimum atomic E-state index is -1.000. The van der Waals surface area contributed by atoms with Crippen molar-refractivity contribution >= 4 is 17.6 Å². The Balaban J connectivity index is 1.81. The van der Waals surface area contributed by atoms with Crippen molar-refractivity contribution in [3.63, 3.8) is 0 Å². The van der Waals surface area contributed by atoms with E-state index in [0.29, 0.717) is 25.1 Å². The Kier molecular flexibility index (Phi) is 4.00. The quantitative estimate of drug-likeness (QED) is 0.929. The molecule has 2 fully saturated rings. The first-order valence-electron chi connectivity index (χ1n) is 7.66. The summed E-state index contributed by atoms with van der Waals surface area (Å²) in [7, 11) is 0. The molecule has 0 bridgehead atoms. The maximum absolute atomic E-state index is 14.3. The van der Waals surface area contributed by atoms with Crippen LogP contribution in [0.2, 0.25) is 0 Å². The van der Waals surface area contributed by atoms with Crippen LogP contribution in [-0.4, -0.2) is 47.6 Å². The summed E-state index contributed by atoms with van der Waals surface area (Å²) in [5.41, 5.74) is 0.735. The van der Waals surface area contributed by atoms with Gasteiger partial charge in [-0.25, -0.2) is 9.18 Å². The first kappa shape index (κ1) is 14.8. The fourth-order valence-corrected chi connectivity index (χ4v) is 3.29. The largest absolute Gasteiger partial charge is 0.480 e. The highest BCUT2D eigenvalue weighted by Gasteiger charge is 2.34. The van der Waals surface area contributed by atoms with Crippen LogP contribution in [0, 0.1) is 5.82 Å². The highest BCUT2D eigenvalue weighted by molar-refractivity contribution is 5.97. The normalized spacial score (nSPS) is 21.4. The van der Waals surface area contributed by atoms with Gasteiger partial charge >= 0.3 is 5.97 Å². The lowest BCUT2D eigenvalue weighted by Gasteiger charge is -2.22. The summed E-state index contributed by atoms with van der Waals surface area (Å²) in [6.45, 7) is 2.07. The number of carbonyl (C=O) groups excluding carboxylic acids is 1. The summed E-state index contributed by atoms with van der Waals surface area (Å²) in [6, 6.07) is 3.65. The Morgan fingerprint density at radius 2 is 1.86 bits per heavy atom. The number of amides is 1. The second-order valence-corrected chi connectivity index (χ2v) is 5.86. The van der Waals surface area contributed by atoms with Crippen LogP contribution in [0.1, 0.15) is 36.0 Å². The summed E-state index contributed by atoms with van der Waals surface area (Å²) < 4.78 is 14.3. The Morgan fingerprint density at radius 3 is 2.50 bits per heavy atom. The molecule has 0 saturated carbocycles. The minimum Gasteiger partial charge on any atom is -0.480 e. The first-order chi connectivity index (χ1) is 10.6. The van der Waals surface area contributed by atoms with E-state index in [1.807, 2.05) is 4.90 Å². The third-order valence-corrected chi connectivity index (χ3v) is 4.44. The fraction of sp³-hybridized carbons (Fsp3) is 0.500. The zero-order chi connectivity index (χ0) is 15.7. The van der Waals surface area contributed by atoms with Crippen LogP contribution in [0.3, 0.4) is 0 Å². The molecule has 3 rings (SSSR count). The molecule has 0 aliphatic carbocycles. The van der Waals surface area contributed by atoms with Crippen LogP contribution in [0.4, 0.5) is 10.1 Å². The molecule has 1 atom stereocenters. The number of anilines is 1. The molecule has 1 aromatic carbocycles. The fourth-order valence-electron chi connectivity index (χ4n) is 3.29. The van der Waals surface area contributed by atoms with Gasteiger partial charge in [-0.1, -0.05) is 0 Å². The van der Waals surface area contributed by atoms with Gasteiger partial charge in [-0.2, -0.15) is 0 Å². The molecule has 0 spiro atoms. The van der Waals surface area contributed by atoms with E-state index in [-0.39, 0.29) is 5.56 Å². The average Bonchev–Trinajstić information content (AvgIpc) is 3.17. The predicted octanol–water partition coefficient (Wildman–Crippen LogP) is 2.12. The Morgan fingerprint density at radius 1 is 1.14 bits per heavy atom. The molecular formula is C16H19FN2O3. The van der Waals surface area contributed by atoms with Crippen LogP contribution in [0.5, 0.6) is 0 Å². The molecule has 22 heavy (non-hydrogen) atoms. The summed E-state index contributed by atoms with van der Waals surface area (Å²) in [5.74, 6) is -1.82. The Labute approximate surface area is 128 Å². The third-order valence-electron chi connectivity index (χ3n) is 4.44. The number of benzene rings is 1. The highest BCUT2D eigenvalue weighted by atomic mass is 19.1. The van der Waals surface area contributed by atoms with E-state index in [2.05, 4.69) is 0 Å². The van der Waals surface area contributed by atoms with E-state index < -0.39 is 23.7 Å². The molecule has 2 saturated heterocycles. The van der Waals surface area contributed by atoms with Crippen LogP contribution in [-0.2, 0) is 4.79 Å². The lowest BCUT2D eigenvalue weighted by atomic mass is 10.1. The van der Waals surface area contributed by atoms with Gasteiger partial charge in [0.1, 0.15) is 11.9 Å². The third kappa shape index (κ3) is 2.65. The van der Waals surface area contributed by atoms with Crippen molar-refractivity contribution in [1.82, 2.24) is 4.90 Å². The summed E-state index contributed by atoms with van der Waals surface area (Å²) in [5, 5.41) is 9.15. The van der Waals surface area contributed by atoms with Crippen molar-refractivity contribution in [3.8, 4) is 0 Å². The van der Waals surface area contributed by atoms with Crippen LogP contribution in [0.25, 0.3) is 0 Å². The van der Waals surface area contributed by atoms with Crippen LogP contribution < -0.4 is 4.90 Å². The Hall–Kier alpha value is -2.11. The van der Waals surface area contributed by atoms with Gasteiger partial charge in [0, 0.05) is 25.2 Å². The van der Waals surface area contributed by atoms with E-state index >= 15 is 0 Å². The number of hydrogen-bond donors (Lipinski definition) is 1. The van der Waals surface area contributed by atoms with Crippen LogP contribution >= 0.6 is 0 Å². The number of halogens is 1. The van der Waals surface area contributed by atoms with Gasteiger partial charge in [0.05, 0.1) is 5.69 Å². The summed E-state index contributed by atoms with van der Waals surface area (Å²) in [4.78, 5) is 26.9. The molecule has 0 radical (unpaired) electrons. The molecule has 2 heterocycles. The van der Waals surface area contributed by atoms with E-state index in [1.54, 1.807) is 12.1 Å². The molecule has 1 aromatic rings. The smallest absolute Gasteiger partial charge is 0.326 e. The molecule has 0 aromatic heterocycles. The van der Waals surface area contributed by atoms with Crippen molar-refractivity contribution in [3.05, 3.63) is 29.6 Å². The molecule has 1 N–H and O–H groups in total. The number of carboxylic acids is 1. The van der Waals surface area contributed by atoms with Crippen molar-refractivity contribution in [2.45, 2.75) is 31.7 Å². The molecule has 1 unspecified atom stereocenters. The zero-order valence-electron chi connectivity index (χ0n) is 12.3. The predicted molar refractivity (Wildman–Crippen MR) is 79.5 cm³/mol.